The Kier molecular flexibility index (Phi) is 2.35. The van der Waals surface area contributed by atoms with Gasteiger partial charge in [0.1, 0.15) is 5.75 Å². The summed E-state index contributed by atoms with van der Waals surface area (Å²) in [5.41, 5.74) is 5.00. The second-order valence-electron chi connectivity index (χ2n) is 4.65. The first kappa shape index (κ1) is 11.0. The second kappa shape index (κ2) is 4.07. The molecule has 0 amide bonds. The predicted molar refractivity (Wildman–Crippen MR) is 79.8 cm³/mol. The highest BCUT2D eigenvalue weighted by molar-refractivity contribution is 7.98. The third-order valence-electron chi connectivity index (χ3n) is 3.64. The number of hydrogen-bond donors (Lipinski definition) is 1. The van der Waals surface area contributed by atoms with Crippen LogP contribution in [0.4, 0.5) is 0 Å². The summed E-state index contributed by atoms with van der Waals surface area (Å²) in [6, 6.07) is 14.7. The first-order valence-electron chi connectivity index (χ1n) is 6.28. The Morgan fingerprint density at radius 3 is 2.89 bits per heavy atom. The lowest BCUT2D eigenvalue weighted by molar-refractivity contribution is 0.415. The van der Waals surface area contributed by atoms with Gasteiger partial charge >= 0.3 is 0 Å². The zero-order valence-corrected chi connectivity index (χ0v) is 11.4. The van der Waals surface area contributed by atoms with E-state index < -0.39 is 0 Å². The largest absolute Gasteiger partial charge is 0.496 e. The van der Waals surface area contributed by atoms with Crippen LogP contribution < -0.4 is 4.74 Å². The van der Waals surface area contributed by atoms with Crippen molar-refractivity contribution < 1.29 is 4.74 Å². The van der Waals surface area contributed by atoms with Crippen LogP contribution in [0, 0.1) is 0 Å². The van der Waals surface area contributed by atoms with E-state index in [-0.39, 0.29) is 0 Å². The predicted octanol–water partition coefficient (Wildman–Crippen LogP) is 4.45. The van der Waals surface area contributed by atoms with Gasteiger partial charge in [0.2, 0.25) is 0 Å². The Bertz CT molecular complexity index is 761. The molecule has 0 unspecified atom stereocenters. The monoisotopic (exact) mass is 267 g/mol. The number of aromatic amines is 1. The van der Waals surface area contributed by atoms with Crippen molar-refractivity contribution in [3.8, 4) is 17.0 Å². The molecule has 0 spiro atoms. The number of H-pyrrole nitrogens is 1. The fourth-order valence-electron chi connectivity index (χ4n) is 2.76. The Labute approximate surface area is 115 Å². The van der Waals surface area contributed by atoms with E-state index in [1.165, 1.54) is 32.6 Å². The van der Waals surface area contributed by atoms with Gasteiger partial charge in [-0.3, -0.25) is 0 Å². The lowest BCUT2D eigenvalue weighted by Crippen LogP contribution is -1.97. The Balaban J connectivity index is 2.09. The van der Waals surface area contributed by atoms with Gasteiger partial charge in [0.05, 0.1) is 18.4 Å². The SMILES string of the molecule is COc1cccc2c1-c1[nH]c3ccccc3c1CS2. The van der Waals surface area contributed by atoms with Crippen LogP contribution >= 0.6 is 11.8 Å². The minimum absolute atomic E-state index is 0.942. The molecule has 19 heavy (non-hydrogen) atoms. The average molecular weight is 267 g/mol. The average Bonchev–Trinajstić information content (AvgIpc) is 2.85. The molecule has 1 N–H and O–H groups in total. The molecule has 2 heterocycles. The van der Waals surface area contributed by atoms with Gasteiger partial charge in [0.15, 0.2) is 0 Å². The van der Waals surface area contributed by atoms with Crippen LogP contribution in [0.2, 0.25) is 0 Å². The molecular weight excluding hydrogens is 254 g/mol. The first-order valence-corrected chi connectivity index (χ1v) is 7.27. The minimum Gasteiger partial charge on any atom is -0.496 e. The lowest BCUT2D eigenvalue weighted by atomic mass is 10.0. The van der Waals surface area contributed by atoms with Crippen molar-refractivity contribution in [3.05, 3.63) is 48.0 Å². The van der Waals surface area contributed by atoms with E-state index in [9.17, 15) is 0 Å². The molecule has 0 saturated carbocycles. The molecule has 3 aromatic rings. The van der Waals surface area contributed by atoms with Crippen LogP contribution in [0.1, 0.15) is 5.56 Å². The second-order valence-corrected chi connectivity index (χ2v) is 5.66. The van der Waals surface area contributed by atoms with Gasteiger partial charge < -0.3 is 9.72 Å². The summed E-state index contributed by atoms with van der Waals surface area (Å²) in [4.78, 5) is 4.84. The van der Waals surface area contributed by atoms with Crippen molar-refractivity contribution in [3.63, 3.8) is 0 Å². The fourth-order valence-corrected chi connectivity index (χ4v) is 3.88. The minimum atomic E-state index is 0.942. The van der Waals surface area contributed by atoms with Crippen LogP contribution in [0.25, 0.3) is 22.2 Å². The highest BCUT2D eigenvalue weighted by Crippen LogP contribution is 2.47. The van der Waals surface area contributed by atoms with Crippen LogP contribution in [-0.4, -0.2) is 12.1 Å². The molecule has 0 atom stereocenters. The number of nitrogens with one attached hydrogen (secondary N) is 1. The lowest BCUT2D eigenvalue weighted by Gasteiger charge is -2.18. The van der Waals surface area contributed by atoms with Crippen molar-refractivity contribution in [2.45, 2.75) is 10.6 Å². The number of hydrogen-bond acceptors (Lipinski definition) is 2. The number of ether oxygens (including phenoxy) is 1. The maximum absolute atomic E-state index is 5.53. The van der Waals surface area contributed by atoms with Gasteiger partial charge in [0.25, 0.3) is 0 Å². The van der Waals surface area contributed by atoms with Gasteiger partial charge in [-0.15, -0.1) is 11.8 Å². The van der Waals surface area contributed by atoms with Gasteiger partial charge in [0, 0.05) is 21.6 Å². The Morgan fingerprint density at radius 2 is 2.00 bits per heavy atom. The van der Waals surface area contributed by atoms with Gasteiger partial charge in [-0.25, -0.2) is 0 Å². The molecule has 1 aliphatic heterocycles. The van der Waals surface area contributed by atoms with Gasteiger partial charge in [-0.2, -0.15) is 0 Å². The molecule has 0 bridgehead atoms. The molecule has 2 aromatic carbocycles. The highest BCUT2D eigenvalue weighted by Gasteiger charge is 2.23. The van der Waals surface area contributed by atoms with E-state index in [1.54, 1.807) is 7.11 Å². The number of para-hydroxylation sites is 1. The fraction of sp³-hybridized carbons (Fsp3) is 0.125. The summed E-state index contributed by atoms with van der Waals surface area (Å²) in [7, 11) is 1.73. The molecule has 0 aliphatic carbocycles. The summed E-state index contributed by atoms with van der Waals surface area (Å²) >= 11 is 1.88. The van der Waals surface area contributed by atoms with E-state index >= 15 is 0 Å². The van der Waals surface area contributed by atoms with E-state index in [0.717, 1.165) is 11.5 Å². The number of thioether (sulfide) groups is 1. The molecule has 0 radical (unpaired) electrons. The van der Waals surface area contributed by atoms with Crippen LogP contribution in [0.15, 0.2) is 47.4 Å². The molecular formula is C16H13NOS. The summed E-state index contributed by atoms with van der Waals surface area (Å²) in [5.74, 6) is 1.96. The number of aromatic nitrogens is 1. The Hall–Kier alpha value is -1.87. The molecule has 1 aliphatic rings. The normalized spacial score (nSPS) is 13.1. The Morgan fingerprint density at radius 1 is 1.11 bits per heavy atom. The van der Waals surface area contributed by atoms with E-state index in [1.807, 2.05) is 17.8 Å². The quantitative estimate of drug-likeness (QED) is 0.704. The number of rotatable bonds is 1. The third kappa shape index (κ3) is 1.51. The summed E-state index contributed by atoms with van der Waals surface area (Å²) in [5, 5.41) is 1.32. The van der Waals surface area contributed by atoms with Crippen molar-refractivity contribution >= 4 is 22.7 Å². The van der Waals surface area contributed by atoms with E-state index in [2.05, 4.69) is 41.4 Å². The van der Waals surface area contributed by atoms with Gasteiger partial charge in [-0.1, -0.05) is 24.3 Å². The smallest absolute Gasteiger partial charge is 0.129 e. The maximum atomic E-state index is 5.53. The molecule has 4 rings (SSSR count). The molecule has 94 valence electrons. The number of fused-ring (bicyclic) bond motifs is 5. The summed E-state index contributed by atoms with van der Waals surface area (Å²) in [6.45, 7) is 0. The summed E-state index contributed by atoms with van der Waals surface area (Å²) < 4.78 is 5.53. The molecule has 3 heteroatoms. The first-order chi connectivity index (χ1) is 9.38. The van der Waals surface area contributed by atoms with Crippen molar-refractivity contribution in [2.75, 3.05) is 7.11 Å². The molecule has 2 nitrogen and oxygen atoms in total. The van der Waals surface area contributed by atoms with Crippen molar-refractivity contribution in [1.82, 2.24) is 4.98 Å². The van der Waals surface area contributed by atoms with Crippen molar-refractivity contribution in [2.24, 2.45) is 0 Å². The standard InChI is InChI=1S/C16H13NOS/c1-18-13-7-4-8-14-15(13)16-11(9-19-14)10-5-2-3-6-12(10)17-16/h2-8,17H,9H2,1H3. The van der Waals surface area contributed by atoms with E-state index in [4.69, 9.17) is 4.74 Å². The topological polar surface area (TPSA) is 25.0 Å². The zero-order valence-electron chi connectivity index (χ0n) is 10.6. The summed E-state index contributed by atoms with van der Waals surface area (Å²) in [6.07, 6.45) is 0. The molecule has 0 saturated heterocycles. The number of methoxy groups -OCH3 is 1. The van der Waals surface area contributed by atoms with Crippen LogP contribution in [0.3, 0.4) is 0 Å². The van der Waals surface area contributed by atoms with Crippen LogP contribution in [0.5, 0.6) is 5.75 Å². The van der Waals surface area contributed by atoms with Crippen molar-refractivity contribution in [1.29, 1.82) is 0 Å². The molecule has 0 fully saturated rings. The van der Waals surface area contributed by atoms with Gasteiger partial charge in [-0.05, 0) is 23.8 Å². The maximum Gasteiger partial charge on any atom is 0.129 e. The molecule has 1 aromatic heterocycles. The third-order valence-corrected chi connectivity index (χ3v) is 4.73. The zero-order chi connectivity index (χ0) is 12.8. The van der Waals surface area contributed by atoms with E-state index in [0.29, 0.717) is 0 Å². The highest BCUT2D eigenvalue weighted by atomic mass is 32.2. The van der Waals surface area contributed by atoms with Crippen LogP contribution in [-0.2, 0) is 5.75 Å². The number of benzene rings is 2.